The molecule has 1 aliphatic rings. The Morgan fingerprint density at radius 1 is 1.30 bits per heavy atom. The number of nitrogens with zero attached hydrogens (tertiary/aromatic N) is 1. The van der Waals surface area contributed by atoms with Crippen molar-refractivity contribution in [1.29, 1.82) is 0 Å². The molecule has 7 heteroatoms. The summed E-state index contributed by atoms with van der Waals surface area (Å²) in [7, 11) is 3.03. The summed E-state index contributed by atoms with van der Waals surface area (Å²) in [6, 6.07) is 5.03. The van der Waals surface area contributed by atoms with E-state index in [0.29, 0.717) is 22.9 Å². The van der Waals surface area contributed by atoms with E-state index in [0.717, 1.165) is 11.3 Å². The number of carbonyl (C=O) groups excluding carboxylic acids is 2. The van der Waals surface area contributed by atoms with Gasteiger partial charge in [-0.2, -0.15) is 5.10 Å². The lowest BCUT2D eigenvalue weighted by molar-refractivity contribution is -0.116. The van der Waals surface area contributed by atoms with Crippen molar-refractivity contribution < 1.29 is 19.1 Å². The van der Waals surface area contributed by atoms with Gasteiger partial charge >= 0.3 is 0 Å². The van der Waals surface area contributed by atoms with Gasteiger partial charge in [-0.1, -0.05) is 0 Å². The van der Waals surface area contributed by atoms with Gasteiger partial charge in [0, 0.05) is 17.7 Å². The van der Waals surface area contributed by atoms with E-state index in [4.69, 9.17) is 9.47 Å². The smallest absolute Gasteiger partial charge is 0.226 e. The molecule has 2 heterocycles. The van der Waals surface area contributed by atoms with Gasteiger partial charge in [0.25, 0.3) is 0 Å². The van der Waals surface area contributed by atoms with Crippen LogP contribution in [0.4, 0.5) is 5.82 Å². The first-order valence-electron chi connectivity index (χ1n) is 7.16. The van der Waals surface area contributed by atoms with Crippen LogP contribution in [-0.2, 0) is 4.79 Å². The van der Waals surface area contributed by atoms with Crippen LogP contribution >= 0.6 is 0 Å². The van der Waals surface area contributed by atoms with E-state index >= 15 is 0 Å². The lowest BCUT2D eigenvalue weighted by Gasteiger charge is -2.22. The van der Waals surface area contributed by atoms with Crippen LogP contribution in [0.1, 0.15) is 34.0 Å². The highest BCUT2D eigenvalue weighted by Crippen LogP contribution is 2.37. The van der Waals surface area contributed by atoms with Crippen LogP contribution in [0.15, 0.2) is 18.2 Å². The molecule has 1 atom stereocenters. The largest absolute Gasteiger partial charge is 0.497 e. The Balaban J connectivity index is 2.07. The van der Waals surface area contributed by atoms with E-state index < -0.39 is 5.92 Å². The zero-order valence-electron chi connectivity index (χ0n) is 13.1. The van der Waals surface area contributed by atoms with Gasteiger partial charge in [-0.15, -0.1) is 0 Å². The molecule has 0 aliphatic carbocycles. The number of amides is 1. The number of Topliss-reactive ketones (excluding diaryl/α,β-unsaturated/α-hetero) is 1. The Kier molecular flexibility index (Phi) is 3.77. The van der Waals surface area contributed by atoms with Crippen molar-refractivity contribution in [1.82, 2.24) is 10.2 Å². The van der Waals surface area contributed by atoms with Gasteiger partial charge in [0.05, 0.1) is 25.7 Å². The maximum absolute atomic E-state index is 13.0. The summed E-state index contributed by atoms with van der Waals surface area (Å²) in [5, 5.41) is 9.54. The lowest BCUT2D eigenvalue weighted by Crippen LogP contribution is -2.27. The van der Waals surface area contributed by atoms with E-state index in [2.05, 4.69) is 15.5 Å². The van der Waals surface area contributed by atoms with Crippen molar-refractivity contribution in [2.75, 3.05) is 19.5 Å². The molecule has 0 spiro atoms. The number of hydrogen-bond acceptors (Lipinski definition) is 5. The van der Waals surface area contributed by atoms with Crippen molar-refractivity contribution in [2.24, 2.45) is 0 Å². The third kappa shape index (κ3) is 2.54. The summed E-state index contributed by atoms with van der Waals surface area (Å²) in [5.41, 5.74) is 1.87. The number of anilines is 1. The minimum absolute atomic E-state index is 0.0760. The number of rotatable bonds is 4. The summed E-state index contributed by atoms with van der Waals surface area (Å²) < 4.78 is 10.5. The molecule has 23 heavy (non-hydrogen) atoms. The minimum atomic E-state index is -0.599. The zero-order chi connectivity index (χ0) is 16.6. The van der Waals surface area contributed by atoms with E-state index in [1.165, 1.54) is 14.2 Å². The van der Waals surface area contributed by atoms with Gasteiger partial charge in [0.2, 0.25) is 5.91 Å². The monoisotopic (exact) mass is 315 g/mol. The normalized spacial score (nSPS) is 16.5. The van der Waals surface area contributed by atoms with Crippen LogP contribution in [0.5, 0.6) is 11.5 Å². The fourth-order valence-electron chi connectivity index (χ4n) is 2.85. The maximum atomic E-state index is 13.0. The quantitative estimate of drug-likeness (QED) is 0.842. The number of carbonyl (C=O) groups is 2. The van der Waals surface area contributed by atoms with Gasteiger partial charge in [-0.05, 0) is 25.1 Å². The zero-order valence-corrected chi connectivity index (χ0v) is 13.1. The molecule has 1 amide bonds. The summed E-state index contributed by atoms with van der Waals surface area (Å²) in [4.78, 5) is 24.9. The van der Waals surface area contributed by atoms with Crippen molar-refractivity contribution in [3.63, 3.8) is 0 Å². The number of aromatic nitrogens is 2. The molecule has 1 aromatic carbocycles. The van der Waals surface area contributed by atoms with E-state index in [1.807, 2.05) is 6.92 Å². The van der Waals surface area contributed by atoms with Gasteiger partial charge < -0.3 is 14.8 Å². The number of methoxy groups -OCH3 is 2. The van der Waals surface area contributed by atoms with Gasteiger partial charge in [0.1, 0.15) is 11.5 Å². The van der Waals surface area contributed by atoms with E-state index in [9.17, 15) is 9.59 Å². The molecular weight excluding hydrogens is 298 g/mol. The Labute approximate surface area is 133 Å². The predicted molar refractivity (Wildman–Crippen MR) is 83.2 cm³/mol. The Morgan fingerprint density at radius 3 is 2.78 bits per heavy atom. The number of benzene rings is 1. The van der Waals surface area contributed by atoms with Gasteiger partial charge in [-0.25, -0.2) is 0 Å². The third-order valence-corrected chi connectivity index (χ3v) is 3.98. The second-order valence-corrected chi connectivity index (χ2v) is 5.35. The van der Waals surface area contributed by atoms with Crippen LogP contribution < -0.4 is 14.8 Å². The molecule has 7 nitrogen and oxygen atoms in total. The molecule has 0 radical (unpaired) electrons. The molecule has 0 bridgehead atoms. The molecule has 0 saturated heterocycles. The minimum Gasteiger partial charge on any atom is -0.497 e. The molecule has 0 fully saturated rings. The molecule has 2 N–H and O–H groups in total. The Bertz CT molecular complexity index is 782. The first-order valence-corrected chi connectivity index (χ1v) is 7.16. The van der Waals surface area contributed by atoms with Crippen LogP contribution in [0.3, 0.4) is 0 Å². The SMILES string of the molecule is COc1ccc(OC)c(C(=O)C2CC(=O)Nc3n[nH]c(C)c32)c1. The third-order valence-electron chi connectivity index (χ3n) is 3.98. The molecule has 2 aromatic rings. The van der Waals surface area contributed by atoms with Gasteiger partial charge in [-0.3, -0.25) is 14.7 Å². The number of ketones is 1. The molecule has 120 valence electrons. The molecule has 1 unspecified atom stereocenters. The average Bonchev–Trinajstić information content (AvgIpc) is 2.93. The van der Waals surface area contributed by atoms with E-state index in [-0.39, 0.29) is 18.1 Å². The van der Waals surface area contributed by atoms with Crippen LogP contribution in [0.25, 0.3) is 0 Å². The molecule has 1 aromatic heterocycles. The average molecular weight is 315 g/mol. The first-order chi connectivity index (χ1) is 11.0. The van der Waals surface area contributed by atoms with Crippen molar-refractivity contribution in [3.05, 3.63) is 35.0 Å². The van der Waals surface area contributed by atoms with Gasteiger partial charge in [0.15, 0.2) is 11.6 Å². The molecule has 0 saturated carbocycles. The highest BCUT2D eigenvalue weighted by Gasteiger charge is 2.35. The highest BCUT2D eigenvalue weighted by molar-refractivity contribution is 6.09. The maximum Gasteiger partial charge on any atom is 0.226 e. The van der Waals surface area contributed by atoms with Crippen molar-refractivity contribution in [2.45, 2.75) is 19.3 Å². The van der Waals surface area contributed by atoms with Crippen molar-refractivity contribution in [3.8, 4) is 11.5 Å². The number of hydrogen-bond donors (Lipinski definition) is 2. The standard InChI is InChI=1S/C16H17N3O4/c1-8-14-11(7-13(20)17-16(14)19-18-8)15(21)10-6-9(22-2)4-5-12(10)23-3/h4-6,11H,7H2,1-3H3,(H2,17,18,19,20). The van der Waals surface area contributed by atoms with Crippen LogP contribution in [0, 0.1) is 6.92 Å². The topological polar surface area (TPSA) is 93.3 Å². The fourth-order valence-corrected chi connectivity index (χ4v) is 2.85. The summed E-state index contributed by atoms with van der Waals surface area (Å²) in [6.07, 6.45) is 0.0760. The molecular formula is C16H17N3O4. The first kappa shape index (κ1) is 15.1. The Morgan fingerprint density at radius 2 is 2.09 bits per heavy atom. The molecule has 1 aliphatic heterocycles. The number of aryl methyl sites for hydroxylation is 1. The predicted octanol–water partition coefficient (Wildman–Crippen LogP) is 2.04. The van der Waals surface area contributed by atoms with E-state index in [1.54, 1.807) is 18.2 Å². The second kappa shape index (κ2) is 5.75. The molecule has 3 rings (SSSR count). The van der Waals surface area contributed by atoms with Crippen LogP contribution in [-0.4, -0.2) is 36.1 Å². The lowest BCUT2D eigenvalue weighted by atomic mass is 9.85. The highest BCUT2D eigenvalue weighted by atomic mass is 16.5. The summed E-state index contributed by atoms with van der Waals surface area (Å²) in [5.74, 6) is 0.395. The van der Waals surface area contributed by atoms with Crippen molar-refractivity contribution >= 4 is 17.5 Å². The van der Waals surface area contributed by atoms with Crippen LogP contribution in [0.2, 0.25) is 0 Å². The summed E-state index contributed by atoms with van der Waals surface area (Å²) >= 11 is 0. The number of fused-ring (bicyclic) bond motifs is 1. The second-order valence-electron chi connectivity index (χ2n) is 5.35. The number of ether oxygens (including phenoxy) is 2. The summed E-state index contributed by atoms with van der Waals surface area (Å²) in [6.45, 7) is 1.83. The number of aromatic amines is 1. The number of H-pyrrole nitrogens is 1. The number of nitrogens with one attached hydrogen (secondary N) is 2. The Hall–Kier alpha value is -2.83. The fraction of sp³-hybridized carbons (Fsp3) is 0.312.